The molecule has 2 amide bonds. The highest BCUT2D eigenvalue weighted by Crippen LogP contribution is 2.13. The lowest BCUT2D eigenvalue weighted by molar-refractivity contribution is -0.117. The molecule has 2 aromatic carbocycles. The van der Waals surface area contributed by atoms with Gasteiger partial charge in [-0.15, -0.1) is 0 Å². The Kier molecular flexibility index (Phi) is 6.15. The van der Waals surface area contributed by atoms with Crippen LogP contribution >= 0.6 is 0 Å². The monoisotopic (exact) mass is 373 g/mol. The average molecular weight is 373 g/mol. The summed E-state index contributed by atoms with van der Waals surface area (Å²) in [6.45, 7) is 0.279. The molecular formula is C22H19N3O3. The molecule has 0 saturated carbocycles. The van der Waals surface area contributed by atoms with Crippen LogP contribution in [0.25, 0.3) is 6.08 Å². The van der Waals surface area contributed by atoms with E-state index < -0.39 is 5.91 Å². The molecule has 0 unspecified atom stereocenters. The number of nitrogens with one attached hydrogen (secondary N) is 2. The summed E-state index contributed by atoms with van der Waals surface area (Å²) in [5, 5.41) is 14.9. The average Bonchev–Trinajstić information content (AvgIpc) is 2.74. The largest absolute Gasteiger partial charge is 0.508 e. The van der Waals surface area contributed by atoms with Gasteiger partial charge in [0.15, 0.2) is 0 Å². The van der Waals surface area contributed by atoms with Crippen molar-refractivity contribution < 1.29 is 14.7 Å². The van der Waals surface area contributed by atoms with Crippen LogP contribution in [0.15, 0.2) is 84.8 Å². The first-order valence-electron chi connectivity index (χ1n) is 8.66. The predicted molar refractivity (Wildman–Crippen MR) is 106 cm³/mol. The number of aromatic nitrogens is 1. The molecule has 0 aliphatic rings. The number of benzene rings is 2. The highest BCUT2D eigenvalue weighted by Gasteiger charge is 2.14. The van der Waals surface area contributed by atoms with Gasteiger partial charge in [-0.3, -0.25) is 14.6 Å². The topological polar surface area (TPSA) is 91.3 Å². The predicted octanol–water partition coefficient (Wildman–Crippen LogP) is 2.87. The SMILES string of the molecule is O=C(NCc1cccnc1)/C(=C/c1ccc(O)cc1)NC(=O)c1ccccc1. The third kappa shape index (κ3) is 5.28. The lowest BCUT2D eigenvalue weighted by Gasteiger charge is -2.11. The number of aromatic hydroxyl groups is 1. The molecule has 3 aromatic rings. The molecule has 3 rings (SSSR count). The molecular weight excluding hydrogens is 354 g/mol. The summed E-state index contributed by atoms with van der Waals surface area (Å²) in [6.07, 6.45) is 4.87. The number of hydrogen-bond acceptors (Lipinski definition) is 4. The third-order valence-corrected chi connectivity index (χ3v) is 3.91. The molecule has 1 aromatic heterocycles. The number of nitrogens with zero attached hydrogens (tertiary/aromatic N) is 1. The van der Waals surface area contributed by atoms with Gasteiger partial charge in [0.05, 0.1) is 0 Å². The molecule has 0 saturated heterocycles. The van der Waals surface area contributed by atoms with E-state index in [9.17, 15) is 14.7 Å². The number of pyridine rings is 1. The van der Waals surface area contributed by atoms with Crippen LogP contribution in [0.4, 0.5) is 0 Å². The van der Waals surface area contributed by atoms with Crippen LogP contribution in [-0.4, -0.2) is 21.9 Å². The summed E-state index contributed by atoms with van der Waals surface area (Å²) < 4.78 is 0. The number of phenolic OH excluding ortho intramolecular Hbond substituents is 1. The first-order valence-corrected chi connectivity index (χ1v) is 8.66. The van der Waals surface area contributed by atoms with Gasteiger partial charge in [0, 0.05) is 24.5 Å². The van der Waals surface area contributed by atoms with Crippen molar-refractivity contribution in [2.75, 3.05) is 0 Å². The molecule has 3 N–H and O–H groups in total. The van der Waals surface area contributed by atoms with Crippen LogP contribution in [-0.2, 0) is 11.3 Å². The van der Waals surface area contributed by atoms with Crippen molar-refractivity contribution in [2.24, 2.45) is 0 Å². The molecule has 0 fully saturated rings. The smallest absolute Gasteiger partial charge is 0.268 e. The summed E-state index contributed by atoms with van der Waals surface area (Å²) in [4.78, 5) is 29.2. The highest BCUT2D eigenvalue weighted by atomic mass is 16.3. The van der Waals surface area contributed by atoms with Gasteiger partial charge >= 0.3 is 0 Å². The first kappa shape index (κ1) is 18.8. The van der Waals surface area contributed by atoms with Crippen molar-refractivity contribution in [3.05, 3.63) is 102 Å². The van der Waals surface area contributed by atoms with E-state index in [0.29, 0.717) is 11.1 Å². The van der Waals surface area contributed by atoms with Crippen LogP contribution in [0.1, 0.15) is 21.5 Å². The summed E-state index contributed by atoms with van der Waals surface area (Å²) in [7, 11) is 0. The molecule has 0 spiro atoms. The van der Waals surface area contributed by atoms with Crippen LogP contribution < -0.4 is 10.6 Å². The lowest BCUT2D eigenvalue weighted by atomic mass is 10.1. The zero-order chi connectivity index (χ0) is 19.8. The summed E-state index contributed by atoms with van der Waals surface area (Å²) in [6, 6.07) is 18.6. The van der Waals surface area contributed by atoms with Crippen molar-refractivity contribution in [3.63, 3.8) is 0 Å². The van der Waals surface area contributed by atoms with E-state index in [0.717, 1.165) is 5.56 Å². The van der Waals surface area contributed by atoms with Crippen molar-refractivity contribution >= 4 is 17.9 Å². The Balaban J connectivity index is 1.80. The van der Waals surface area contributed by atoms with Gasteiger partial charge in [-0.25, -0.2) is 0 Å². The van der Waals surface area contributed by atoms with E-state index in [1.54, 1.807) is 60.9 Å². The molecule has 0 atom stereocenters. The zero-order valence-electron chi connectivity index (χ0n) is 15.0. The maximum absolute atomic E-state index is 12.7. The molecule has 6 nitrogen and oxygen atoms in total. The Morgan fingerprint density at radius 3 is 2.39 bits per heavy atom. The normalized spacial score (nSPS) is 10.9. The number of hydrogen-bond donors (Lipinski definition) is 3. The molecule has 1 heterocycles. The van der Waals surface area contributed by atoms with E-state index in [4.69, 9.17) is 0 Å². The minimum absolute atomic E-state index is 0.100. The fourth-order valence-electron chi connectivity index (χ4n) is 2.46. The van der Waals surface area contributed by atoms with Crippen molar-refractivity contribution in [1.29, 1.82) is 0 Å². The van der Waals surface area contributed by atoms with Crippen LogP contribution in [0.5, 0.6) is 5.75 Å². The van der Waals surface area contributed by atoms with Crippen LogP contribution in [0, 0.1) is 0 Å². The maximum Gasteiger partial charge on any atom is 0.268 e. The Morgan fingerprint density at radius 1 is 0.964 bits per heavy atom. The van der Waals surface area contributed by atoms with Gasteiger partial charge < -0.3 is 15.7 Å². The molecule has 140 valence electrons. The van der Waals surface area contributed by atoms with Gasteiger partial charge in [-0.2, -0.15) is 0 Å². The first-order chi connectivity index (χ1) is 13.6. The van der Waals surface area contributed by atoms with Gasteiger partial charge in [0.2, 0.25) is 0 Å². The minimum Gasteiger partial charge on any atom is -0.508 e. The fraction of sp³-hybridized carbons (Fsp3) is 0.0455. The number of rotatable bonds is 6. The van der Waals surface area contributed by atoms with E-state index in [-0.39, 0.29) is 23.9 Å². The van der Waals surface area contributed by atoms with E-state index in [1.165, 1.54) is 12.1 Å². The standard InChI is InChI=1S/C22H19N3O3/c26-19-10-8-16(9-11-19)13-20(25-21(27)18-6-2-1-3-7-18)22(28)24-15-17-5-4-12-23-14-17/h1-14,26H,15H2,(H,24,28)(H,25,27)/b20-13-. The highest BCUT2D eigenvalue weighted by molar-refractivity contribution is 6.05. The van der Waals surface area contributed by atoms with Gasteiger partial charge in [-0.05, 0) is 47.5 Å². The summed E-state index contributed by atoms with van der Waals surface area (Å²) >= 11 is 0. The Bertz CT molecular complexity index is 969. The Labute approximate surface area is 162 Å². The number of amides is 2. The second-order valence-corrected chi connectivity index (χ2v) is 6.01. The van der Waals surface area contributed by atoms with Gasteiger partial charge in [-0.1, -0.05) is 36.4 Å². The molecule has 0 radical (unpaired) electrons. The molecule has 28 heavy (non-hydrogen) atoms. The van der Waals surface area contributed by atoms with E-state index >= 15 is 0 Å². The Morgan fingerprint density at radius 2 is 1.71 bits per heavy atom. The minimum atomic E-state index is -0.429. The van der Waals surface area contributed by atoms with Crippen molar-refractivity contribution in [2.45, 2.75) is 6.54 Å². The number of carbonyl (C=O) groups excluding carboxylic acids is 2. The second kappa shape index (κ2) is 9.14. The lowest BCUT2D eigenvalue weighted by Crippen LogP contribution is -2.34. The van der Waals surface area contributed by atoms with Crippen LogP contribution in [0.3, 0.4) is 0 Å². The summed E-state index contributed by atoms with van der Waals surface area (Å²) in [5.74, 6) is -0.698. The summed E-state index contributed by atoms with van der Waals surface area (Å²) in [5.41, 5.74) is 2.05. The number of phenols is 1. The molecule has 6 heteroatoms. The fourth-order valence-corrected chi connectivity index (χ4v) is 2.46. The molecule has 0 aliphatic carbocycles. The quantitative estimate of drug-likeness (QED) is 0.580. The molecule has 0 bridgehead atoms. The van der Waals surface area contributed by atoms with E-state index in [2.05, 4.69) is 15.6 Å². The van der Waals surface area contributed by atoms with Crippen molar-refractivity contribution in [3.8, 4) is 5.75 Å². The zero-order valence-corrected chi connectivity index (χ0v) is 15.0. The Hall–Kier alpha value is -3.93. The second-order valence-electron chi connectivity index (χ2n) is 6.01. The van der Waals surface area contributed by atoms with Crippen LogP contribution in [0.2, 0.25) is 0 Å². The molecule has 0 aliphatic heterocycles. The maximum atomic E-state index is 12.7. The van der Waals surface area contributed by atoms with Gasteiger partial charge in [0.25, 0.3) is 11.8 Å². The number of carbonyl (C=O) groups is 2. The third-order valence-electron chi connectivity index (χ3n) is 3.91. The van der Waals surface area contributed by atoms with E-state index in [1.807, 2.05) is 12.1 Å². The van der Waals surface area contributed by atoms with Crippen molar-refractivity contribution in [1.82, 2.24) is 15.6 Å². The van der Waals surface area contributed by atoms with Gasteiger partial charge in [0.1, 0.15) is 11.4 Å².